The van der Waals surface area contributed by atoms with Gasteiger partial charge in [-0.1, -0.05) is 12.1 Å². The van der Waals surface area contributed by atoms with Crippen LogP contribution >= 0.6 is 0 Å². The SMILES string of the molecule is Nc1cn(Cc2cccc(O)c2)cnc1=O. The van der Waals surface area contributed by atoms with Crippen molar-refractivity contribution in [2.24, 2.45) is 0 Å². The molecule has 3 N–H and O–H groups in total. The molecule has 0 radical (unpaired) electrons. The highest BCUT2D eigenvalue weighted by atomic mass is 16.3. The minimum Gasteiger partial charge on any atom is -0.508 e. The summed E-state index contributed by atoms with van der Waals surface area (Å²) < 4.78 is 1.69. The zero-order valence-corrected chi connectivity index (χ0v) is 8.50. The summed E-state index contributed by atoms with van der Waals surface area (Å²) in [5.74, 6) is 0.208. The Morgan fingerprint density at radius 2 is 2.25 bits per heavy atom. The van der Waals surface area contributed by atoms with E-state index in [1.165, 1.54) is 12.5 Å². The van der Waals surface area contributed by atoms with Gasteiger partial charge in [0.25, 0.3) is 5.56 Å². The molecule has 0 spiro atoms. The molecule has 1 heterocycles. The lowest BCUT2D eigenvalue weighted by Crippen LogP contribution is -2.15. The van der Waals surface area contributed by atoms with Gasteiger partial charge in [0.1, 0.15) is 11.4 Å². The van der Waals surface area contributed by atoms with Crippen LogP contribution in [0.4, 0.5) is 5.69 Å². The Hall–Kier alpha value is -2.30. The molecule has 0 saturated carbocycles. The Labute approximate surface area is 91.8 Å². The number of hydrogen-bond donors (Lipinski definition) is 2. The van der Waals surface area contributed by atoms with E-state index in [4.69, 9.17) is 5.73 Å². The normalized spacial score (nSPS) is 10.2. The summed E-state index contributed by atoms with van der Waals surface area (Å²) in [5, 5.41) is 9.29. The van der Waals surface area contributed by atoms with Crippen LogP contribution in [0.15, 0.2) is 41.6 Å². The van der Waals surface area contributed by atoms with E-state index in [0.717, 1.165) is 5.56 Å². The fraction of sp³-hybridized carbons (Fsp3) is 0.0909. The van der Waals surface area contributed by atoms with Crippen molar-refractivity contribution in [3.8, 4) is 5.75 Å². The van der Waals surface area contributed by atoms with Gasteiger partial charge in [0, 0.05) is 12.7 Å². The van der Waals surface area contributed by atoms with Crippen LogP contribution in [0, 0.1) is 0 Å². The molecule has 0 aliphatic carbocycles. The first kappa shape index (κ1) is 10.2. The Morgan fingerprint density at radius 1 is 1.44 bits per heavy atom. The van der Waals surface area contributed by atoms with Crippen molar-refractivity contribution in [3.05, 3.63) is 52.7 Å². The molecule has 1 aromatic heterocycles. The monoisotopic (exact) mass is 217 g/mol. The standard InChI is InChI=1S/C11H11N3O2/c12-10-6-14(7-13-11(10)16)5-8-2-1-3-9(15)4-8/h1-4,6-7,15H,5,12H2. The lowest BCUT2D eigenvalue weighted by Gasteiger charge is -2.06. The first-order valence-electron chi connectivity index (χ1n) is 4.74. The number of nitrogens with zero attached hydrogens (tertiary/aromatic N) is 2. The van der Waals surface area contributed by atoms with E-state index in [2.05, 4.69) is 4.98 Å². The highest BCUT2D eigenvalue weighted by Gasteiger charge is 1.98. The van der Waals surface area contributed by atoms with Crippen molar-refractivity contribution < 1.29 is 5.11 Å². The third kappa shape index (κ3) is 2.20. The summed E-state index contributed by atoms with van der Waals surface area (Å²) in [6.45, 7) is 0.506. The van der Waals surface area contributed by atoms with E-state index in [1.54, 1.807) is 22.8 Å². The van der Waals surface area contributed by atoms with Gasteiger partial charge in [0.15, 0.2) is 0 Å². The maximum atomic E-state index is 11.0. The number of benzene rings is 1. The van der Waals surface area contributed by atoms with Crippen molar-refractivity contribution in [1.29, 1.82) is 0 Å². The predicted octanol–water partition coefficient (Wildman–Crippen LogP) is 0.579. The second-order valence-corrected chi connectivity index (χ2v) is 3.48. The number of hydrogen-bond acceptors (Lipinski definition) is 4. The summed E-state index contributed by atoms with van der Waals surface area (Å²) in [6, 6.07) is 6.87. The quantitative estimate of drug-likeness (QED) is 0.771. The van der Waals surface area contributed by atoms with Gasteiger partial charge in [0.2, 0.25) is 0 Å². The minimum absolute atomic E-state index is 0.114. The number of anilines is 1. The molecule has 1 aromatic carbocycles. The fourth-order valence-corrected chi connectivity index (χ4v) is 1.42. The molecule has 2 aromatic rings. The fourth-order valence-electron chi connectivity index (χ4n) is 1.42. The smallest absolute Gasteiger partial charge is 0.295 e. The van der Waals surface area contributed by atoms with E-state index in [9.17, 15) is 9.90 Å². The number of nitrogen functional groups attached to an aromatic ring is 1. The minimum atomic E-state index is -0.424. The molecule has 0 unspecified atom stereocenters. The van der Waals surface area contributed by atoms with Crippen LogP contribution < -0.4 is 11.3 Å². The summed E-state index contributed by atoms with van der Waals surface area (Å²) >= 11 is 0. The van der Waals surface area contributed by atoms with Crippen molar-refractivity contribution in [2.75, 3.05) is 5.73 Å². The van der Waals surface area contributed by atoms with E-state index in [1.807, 2.05) is 6.07 Å². The van der Waals surface area contributed by atoms with Gasteiger partial charge < -0.3 is 15.4 Å². The Morgan fingerprint density at radius 3 is 2.94 bits per heavy atom. The molecule has 0 bridgehead atoms. The second kappa shape index (κ2) is 4.06. The van der Waals surface area contributed by atoms with E-state index >= 15 is 0 Å². The average Bonchev–Trinajstić information content (AvgIpc) is 2.24. The van der Waals surface area contributed by atoms with Crippen molar-refractivity contribution in [3.63, 3.8) is 0 Å². The predicted molar refractivity (Wildman–Crippen MR) is 60.1 cm³/mol. The second-order valence-electron chi connectivity index (χ2n) is 3.48. The van der Waals surface area contributed by atoms with Crippen molar-refractivity contribution in [1.82, 2.24) is 9.55 Å². The molecule has 0 aliphatic heterocycles. The molecule has 0 saturated heterocycles. The maximum absolute atomic E-state index is 11.0. The van der Waals surface area contributed by atoms with Crippen LogP contribution in [0.2, 0.25) is 0 Å². The Kier molecular flexibility index (Phi) is 2.59. The van der Waals surface area contributed by atoms with Crippen LogP contribution in [0.3, 0.4) is 0 Å². The summed E-state index contributed by atoms with van der Waals surface area (Å²) in [6.07, 6.45) is 2.95. The first-order chi connectivity index (χ1) is 7.65. The first-order valence-corrected chi connectivity index (χ1v) is 4.74. The van der Waals surface area contributed by atoms with Gasteiger partial charge in [-0.05, 0) is 17.7 Å². The molecule has 0 amide bonds. The van der Waals surface area contributed by atoms with Crippen molar-refractivity contribution >= 4 is 5.69 Å². The van der Waals surface area contributed by atoms with Gasteiger partial charge in [-0.15, -0.1) is 0 Å². The number of nitrogens with two attached hydrogens (primary N) is 1. The number of aromatic nitrogens is 2. The van der Waals surface area contributed by atoms with E-state index < -0.39 is 5.56 Å². The molecule has 16 heavy (non-hydrogen) atoms. The van der Waals surface area contributed by atoms with Gasteiger partial charge in [-0.3, -0.25) is 4.79 Å². The molecule has 5 heteroatoms. The summed E-state index contributed by atoms with van der Waals surface area (Å²) in [5.41, 5.74) is 6.06. The highest BCUT2D eigenvalue weighted by Crippen LogP contribution is 2.11. The third-order valence-electron chi connectivity index (χ3n) is 2.15. The maximum Gasteiger partial charge on any atom is 0.295 e. The molecular formula is C11H11N3O2. The molecule has 2 rings (SSSR count). The number of phenols is 1. The number of rotatable bonds is 2. The molecular weight excluding hydrogens is 206 g/mol. The zero-order valence-electron chi connectivity index (χ0n) is 8.50. The third-order valence-corrected chi connectivity index (χ3v) is 2.15. The molecule has 5 nitrogen and oxygen atoms in total. The lowest BCUT2D eigenvalue weighted by atomic mass is 10.2. The Balaban J connectivity index is 2.27. The highest BCUT2D eigenvalue weighted by molar-refractivity contribution is 5.31. The molecule has 0 aliphatic rings. The topological polar surface area (TPSA) is 81.1 Å². The largest absolute Gasteiger partial charge is 0.508 e. The zero-order chi connectivity index (χ0) is 11.5. The molecule has 0 atom stereocenters. The average molecular weight is 217 g/mol. The summed E-state index contributed by atoms with van der Waals surface area (Å²) in [7, 11) is 0. The van der Waals surface area contributed by atoms with Crippen LogP contribution in [0.1, 0.15) is 5.56 Å². The van der Waals surface area contributed by atoms with Gasteiger partial charge in [-0.25, -0.2) is 0 Å². The number of phenolic OH excluding ortho intramolecular Hbond substituents is 1. The van der Waals surface area contributed by atoms with Crippen LogP contribution in [0.25, 0.3) is 0 Å². The van der Waals surface area contributed by atoms with Gasteiger partial charge in [0.05, 0.1) is 6.33 Å². The van der Waals surface area contributed by atoms with Crippen LogP contribution in [-0.4, -0.2) is 14.7 Å². The summed E-state index contributed by atoms with van der Waals surface area (Å²) in [4.78, 5) is 14.6. The van der Waals surface area contributed by atoms with Crippen LogP contribution in [0.5, 0.6) is 5.75 Å². The van der Waals surface area contributed by atoms with Crippen LogP contribution in [-0.2, 0) is 6.54 Å². The van der Waals surface area contributed by atoms with Gasteiger partial charge >= 0.3 is 0 Å². The van der Waals surface area contributed by atoms with E-state index in [-0.39, 0.29) is 11.4 Å². The number of aromatic hydroxyl groups is 1. The van der Waals surface area contributed by atoms with E-state index in [0.29, 0.717) is 6.54 Å². The van der Waals surface area contributed by atoms with Gasteiger partial charge in [-0.2, -0.15) is 4.98 Å². The Bertz CT molecular complexity index is 563. The molecule has 82 valence electrons. The lowest BCUT2D eigenvalue weighted by molar-refractivity contribution is 0.474. The molecule has 0 fully saturated rings. The van der Waals surface area contributed by atoms with Crippen molar-refractivity contribution in [2.45, 2.75) is 6.54 Å².